The van der Waals surface area contributed by atoms with Gasteiger partial charge in [-0.1, -0.05) is 39.1 Å². The van der Waals surface area contributed by atoms with E-state index in [0.717, 1.165) is 4.47 Å². The monoisotopic (exact) mass is 507 g/mol. The SMILES string of the molecule is CN(C(N)=NCCOc1c(Cl)cc(Br)cc1Cl)C1CC1.I. The van der Waals surface area contributed by atoms with Gasteiger partial charge in [-0.3, -0.25) is 0 Å². The summed E-state index contributed by atoms with van der Waals surface area (Å²) in [6.07, 6.45) is 2.38. The first-order valence-corrected chi connectivity index (χ1v) is 7.84. The number of ether oxygens (including phenoxy) is 1. The third kappa shape index (κ3) is 5.65. The molecule has 2 rings (SSSR count). The summed E-state index contributed by atoms with van der Waals surface area (Å²) in [6.45, 7) is 0.839. The molecule has 0 spiro atoms. The van der Waals surface area contributed by atoms with Crippen LogP contribution in [-0.4, -0.2) is 37.1 Å². The maximum atomic E-state index is 6.07. The Hall–Kier alpha value is 0.0800. The summed E-state index contributed by atoms with van der Waals surface area (Å²) in [5.41, 5.74) is 5.88. The van der Waals surface area contributed by atoms with Crippen LogP contribution in [0.5, 0.6) is 5.75 Å². The van der Waals surface area contributed by atoms with Crippen molar-refractivity contribution in [2.75, 3.05) is 20.2 Å². The Morgan fingerprint density at radius 2 is 2.00 bits per heavy atom. The van der Waals surface area contributed by atoms with Crippen LogP contribution in [0.4, 0.5) is 0 Å². The van der Waals surface area contributed by atoms with Crippen LogP contribution in [-0.2, 0) is 0 Å². The van der Waals surface area contributed by atoms with Crippen molar-refractivity contribution in [1.82, 2.24) is 4.90 Å². The van der Waals surface area contributed by atoms with Crippen molar-refractivity contribution >= 4 is 69.1 Å². The van der Waals surface area contributed by atoms with E-state index in [0.29, 0.717) is 40.9 Å². The standard InChI is InChI=1S/C13H16BrCl2N3O.HI/c1-19(9-2-3-9)13(17)18-4-5-20-12-10(15)6-8(14)7-11(12)16;/h6-7,9H,2-5H2,1H3,(H2,17,18);1H. The topological polar surface area (TPSA) is 50.8 Å². The molecule has 1 saturated carbocycles. The first-order valence-electron chi connectivity index (χ1n) is 6.29. The molecule has 1 fully saturated rings. The normalized spacial score (nSPS) is 14.6. The molecule has 0 unspecified atom stereocenters. The number of aliphatic imine (C=N–C) groups is 1. The van der Waals surface area contributed by atoms with Gasteiger partial charge in [0.15, 0.2) is 11.7 Å². The van der Waals surface area contributed by atoms with Crippen LogP contribution in [0.3, 0.4) is 0 Å². The molecule has 1 aromatic carbocycles. The lowest BCUT2D eigenvalue weighted by atomic mass is 10.3. The Balaban J connectivity index is 0.00000220. The van der Waals surface area contributed by atoms with E-state index >= 15 is 0 Å². The molecule has 0 saturated heterocycles. The van der Waals surface area contributed by atoms with E-state index in [1.54, 1.807) is 12.1 Å². The summed E-state index contributed by atoms with van der Waals surface area (Å²) in [7, 11) is 1.96. The van der Waals surface area contributed by atoms with Gasteiger partial charge >= 0.3 is 0 Å². The van der Waals surface area contributed by atoms with Gasteiger partial charge in [0.05, 0.1) is 16.6 Å². The number of halogens is 4. The fourth-order valence-electron chi connectivity index (χ4n) is 1.74. The quantitative estimate of drug-likeness (QED) is 0.281. The minimum Gasteiger partial charge on any atom is -0.489 e. The van der Waals surface area contributed by atoms with Crippen LogP contribution in [0.25, 0.3) is 0 Å². The van der Waals surface area contributed by atoms with Gasteiger partial charge in [-0.15, -0.1) is 24.0 Å². The first kappa shape index (κ1) is 19.1. The number of nitrogens with zero attached hydrogens (tertiary/aromatic N) is 2. The summed E-state index contributed by atoms with van der Waals surface area (Å²) in [6, 6.07) is 4.03. The first-order chi connectivity index (χ1) is 9.49. The van der Waals surface area contributed by atoms with Gasteiger partial charge in [0.1, 0.15) is 6.61 Å². The molecule has 0 radical (unpaired) electrons. The summed E-state index contributed by atoms with van der Waals surface area (Å²) in [4.78, 5) is 6.28. The number of hydrogen-bond acceptors (Lipinski definition) is 2. The average Bonchev–Trinajstić information content (AvgIpc) is 3.19. The van der Waals surface area contributed by atoms with Crippen molar-refractivity contribution < 1.29 is 4.74 Å². The molecule has 2 N–H and O–H groups in total. The van der Waals surface area contributed by atoms with Crippen molar-refractivity contribution in [2.45, 2.75) is 18.9 Å². The molecule has 8 heteroatoms. The van der Waals surface area contributed by atoms with Gasteiger partial charge in [0.2, 0.25) is 0 Å². The van der Waals surface area contributed by atoms with E-state index in [1.807, 2.05) is 11.9 Å². The van der Waals surface area contributed by atoms with Gasteiger partial charge in [-0.2, -0.15) is 0 Å². The summed E-state index contributed by atoms with van der Waals surface area (Å²) >= 11 is 15.5. The third-order valence-corrected chi connectivity index (χ3v) is 4.05. The molecule has 0 heterocycles. The van der Waals surface area contributed by atoms with Crippen molar-refractivity contribution in [1.29, 1.82) is 0 Å². The van der Waals surface area contributed by atoms with Gasteiger partial charge in [-0.25, -0.2) is 4.99 Å². The lowest BCUT2D eigenvalue weighted by Crippen LogP contribution is -2.36. The summed E-state index contributed by atoms with van der Waals surface area (Å²) in [5.74, 6) is 1.02. The second-order valence-corrected chi connectivity index (χ2v) is 6.36. The summed E-state index contributed by atoms with van der Waals surface area (Å²) in [5, 5.41) is 0.938. The average molecular weight is 509 g/mol. The second-order valence-electron chi connectivity index (χ2n) is 4.63. The Bertz CT molecular complexity index is 503. The fraction of sp³-hybridized carbons (Fsp3) is 0.462. The zero-order chi connectivity index (χ0) is 14.7. The molecule has 1 aliphatic rings. The van der Waals surface area contributed by atoms with E-state index in [-0.39, 0.29) is 24.0 Å². The highest BCUT2D eigenvalue weighted by Gasteiger charge is 2.27. The smallest absolute Gasteiger partial charge is 0.191 e. The lowest BCUT2D eigenvalue weighted by Gasteiger charge is -2.17. The Labute approximate surface area is 160 Å². The molecule has 0 bridgehead atoms. The number of hydrogen-bond donors (Lipinski definition) is 1. The summed E-state index contributed by atoms with van der Waals surface area (Å²) < 4.78 is 6.38. The van der Waals surface area contributed by atoms with Crippen molar-refractivity contribution in [3.05, 3.63) is 26.7 Å². The predicted octanol–water partition coefficient (Wildman–Crippen LogP) is 4.16. The van der Waals surface area contributed by atoms with E-state index in [9.17, 15) is 0 Å². The number of nitrogens with two attached hydrogens (primary N) is 1. The maximum Gasteiger partial charge on any atom is 0.191 e. The van der Waals surface area contributed by atoms with Crippen LogP contribution in [0.2, 0.25) is 10.0 Å². The van der Waals surface area contributed by atoms with Crippen LogP contribution < -0.4 is 10.5 Å². The van der Waals surface area contributed by atoms with Gasteiger partial charge < -0.3 is 15.4 Å². The molecule has 0 amide bonds. The molecular weight excluding hydrogens is 492 g/mol. The minimum atomic E-state index is 0. The van der Waals surface area contributed by atoms with Crippen LogP contribution >= 0.6 is 63.1 Å². The van der Waals surface area contributed by atoms with Crippen molar-refractivity contribution in [3.63, 3.8) is 0 Å². The molecule has 1 aliphatic carbocycles. The van der Waals surface area contributed by atoms with E-state index in [1.165, 1.54) is 12.8 Å². The van der Waals surface area contributed by atoms with Gasteiger partial charge in [0.25, 0.3) is 0 Å². The third-order valence-electron chi connectivity index (χ3n) is 3.03. The van der Waals surface area contributed by atoms with Gasteiger partial charge in [0, 0.05) is 17.6 Å². The number of guanidine groups is 1. The predicted molar refractivity (Wildman–Crippen MR) is 102 cm³/mol. The molecule has 4 nitrogen and oxygen atoms in total. The largest absolute Gasteiger partial charge is 0.489 e. The zero-order valence-corrected chi connectivity index (χ0v) is 16.9. The van der Waals surface area contributed by atoms with E-state index < -0.39 is 0 Å². The Kier molecular flexibility index (Phi) is 7.87. The Morgan fingerprint density at radius 3 is 2.52 bits per heavy atom. The minimum absolute atomic E-state index is 0. The van der Waals surface area contributed by atoms with Crippen LogP contribution in [0.15, 0.2) is 21.6 Å². The van der Waals surface area contributed by atoms with E-state index in [2.05, 4.69) is 20.9 Å². The van der Waals surface area contributed by atoms with E-state index in [4.69, 9.17) is 33.7 Å². The number of rotatable bonds is 5. The molecule has 0 atom stereocenters. The lowest BCUT2D eigenvalue weighted by molar-refractivity contribution is 0.328. The highest BCUT2D eigenvalue weighted by molar-refractivity contribution is 14.0. The zero-order valence-electron chi connectivity index (χ0n) is 11.5. The maximum absolute atomic E-state index is 6.07. The van der Waals surface area contributed by atoms with Crippen molar-refractivity contribution in [2.24, 2.45) is 10.7 Å². The van der Waals surface area contributed by atoms with Crippen molar-refractivity contribution in [3.8, 4) is 5.75 Å². The van der Waals surface area contributed by atoms with Crippen LogP contribution in [0, 0.1) is 0 Å². The highest BCUT2D eigenvalue weighted by atomic mass is 127. The Morgan fingerprint density at radius 1 is 1.43 bits per heavy atom. The fourth-order valence-corrected chi connectivity index (χ4v) is 3.05. The molecule has 21 heavy (non-hydrogen) atoms. The molecule has 118 valence electrons. The van der Waals surface area contributed by atoms with Gasteiger partial charge in [-0.05, 0) is 25.0 Å². The molecule has 0 aromatic heterocycles. The second kappa shape index (κ2) is 8.64. The number of benzene rings is 1. The molecule has 0 aliphatic heterocycles. The highest BCUT2D eigenvalue weighted by Crippen LogP contribution is 2.35. The molecule has 1 aromatic rings. The van der Waals surface area contributed by atoms with Crippen LogP contribution in [0.1, 0.15) is 12.8 Å². The molecular formula is C13H17BrCl2IN3O.